The van der Waals surface area contributed by atoms with Gasteiger partial charge in [-0.05, 0) is 67.9 Å². The molecule has 2 aromatic carbocycles. The van der Waals surface area contributed by atoms with E-state index in [-0.39, 0.29) is 21.2 Å². The number of hydrogen-bond acceptors (Lipinski definition) is 8. The Balaban J connectivity index is 0.000000711. The average molecular weight is 629 g/mol. The van der Waals surface area contributed by atoms with Crippen LogP contribution in [0.25, 0.3) is 16.5 Å². The van der Waals surface area contributed by atoms with Gasteiger partial charge >= 0.3 is 5.63 Å². The van der Waals surface area contributed by atoms with Crippen molar-refractivity contribution in [2.24, 2.45) is 0 Å². The van der Waals surface area contributed by atoms with Gasteiger partial charge in [0, 0.05) is 45.5 Å². The van der Waals surface area contributed by atoms with Crippen molar-refractivity contribution < 1.29 is 31.0 Å². The number of carbonyl (C=O) groups excluding carboxylic acids is 1. The average Bonchev–Trinajstić information content (AvgIpc) is 3.78. The van der Waals surface area contributed by atoms with Gasteiger partial charge in [0.2, 0.25) is 12.2 Å². The van der Waals surface area contributed by atoms with Gasteiger partial charge in [-0.2, -0.15) is 0 Å². The molecule has 3 heterocycles. The van der Waals surface area contributed by atoms with E-state index in [1.807, 2.05) is 31.3 Å². The van der Waals surface area contributed by atoms with Gasteiger partial charge in [-0.1, -0.05) is 53.4 Å². The van der Waals surface area contributed by atoms with Crippen molar-refractivity contribution in [2.45, 2.75) is 85.5 Å². The van der Waals surface area contributed by atoms with Crippen molar-refractivity contribution in [1.82, 2.24) is 10.6 Å². The van der Waals surface area contributed by atoms with Gasteiger partial charge in [0.15, 0.2) is 0 Å². The molecule has 2 aliphatic rings. The number of benzene rings is 2. The van der Waals surface area contributed by atoms with Crippen LogP contribution in [0.4, 0.5) is 0 Å². The lowest BCUT2D eigenvalue weighted by molar-refractivity contribution is -0.118. The zero-order chi connectivity index (χ0) is 33.2. The number of methoxy groups -OCH3 is 2. The number of carbonyl (C=O) groups is 1. The maximum atomic E-state index is 11.5. The first-order valence-corrected chi connectivity index (χ1v) is 16.0. The molecule has 5 rings (SSSR count). The van der Waals surface area contributed by atoms with Gasteiger partial charge in [-0.25, -0.2) is 4.79 Å². The van der Waals surface area contributed by atoms with E-state index in [2.05, 4.69) is 50.5 Å². The van der Waals surface area contributed by atoms with Crippen molar-refractivity contribution in [3.63, 3.8) is 0 Å². The summed E-state index contributed by atoms with van der Waals surface area (Å²) in [5.74, 6) is 2.20. The molecule has 0 radical (unpaired) electrons. The first-order chi connectivity index (χ1) is 21.7. The van der Waals surface area contributed by atoms with Gasteiger partial charge in [-0.3, -0.25) is 4.79 Å². The maximum Gasteiger partial charge on any atom is 0.336 e. The minimum atomic E-state index is -0.404. The van der Waals surface area contributed by atoms with Crippen LogP contribution in [0, 0.1) is 0 Å². The number of nitrogens with one attached hydrogen (secondary N) is 2. The van der Waals surface area contributed by atoms with Crippen LogP contribution in [-0.2, 0) is 16.0 Å². The molecule has 0 spiro atoms. The molecule has 3 aromatic rings. The van der Waals surface area contributed by atoms with E-state index in [0.717, 1.165) is 41.0 Å². The molecule has 9 nitrogen and oxygen atoms in total. The molecule has 9 heteroatoms. The third-order valence-corrected chi connectivity index (χ3v) is 6.78. The van der Waals surface area contributed by atoms with E-state index in [1.54, 1.807) is 20.3 Å². The normalized spacial score (nSPS) is 15.4. The van der Waals surface area contributed by atoms with E-state index in [0.29, 0.717) is 24.3 Å². The lowest BCUT2D eigenvalue weighted by Gasteiger charge is -2.13. The smallest absolute Gasteiger partial charge is 0.336 e. The van der Waals surface area contributed by atoms with Crippen LogP contribution in [0.1, 0.15) is 80.7 Å². The van der Waals surface area contributed by atoms with E-state index in [9.17, 15) is 9.59 Å². The topological polar surface area (TPSA) is 112 Å². The molecular formula is C36H56N2O7. The Morgan fingerprint density at radius 3 is 2.20 bits per heavy atom. The standard InChI is InChI=1S/C14H15NO4.C14H17NO3.C5H12.C3H8.2H2/c1-9(16)15-6-5-10-7-14(17)19-13-8-11(18-2)3-4-12(10)13;1-15-6-5-9-7-13-14(18-13)17-12-8-10(16-2)3-4-11(9)12;1-3-5-4-2;1-3-2;;/h3-4,7-8H,5-6H2,1-2H3,(H,15,16);3-4,7-8,13-15H,5-6H2,1-2H3;3-5H2,1-2H3;3H2,1-2H3;2*1H. The minimum Gasteiger partial charge on any atom is -0.497 e. The lowest BCUT2D eigenvalue weighted by atomic mass is 10.0. The third kappa shape index (κ3) is 12.6. The second kappa shape index (κ2) is 20.3. The predicted molar refractivity (Wildman–Crippen MR) is 186 cm³/mol. The molecule has 2 N–H and O–H groups in total. The van der Waals surface area contributed by atoms with Gasteiger partial charge in [0.05, 0.1) is 14.2 Å². The summed E-state index contributed by atoms with van der Waals surface area (Å²) < 4.78 is 26.7. The van der Waals surface area contributed by atoms with Gasteiger partial charge < -0.3 is 34.0 Å². The number of epoxide rings is 1. The van der Waals surface area contributed by atoms with E-state index >= 15 is 0 Å². The van der Waals surface area contributed by atoms with Gasteiger partial charge in [0.25, 0.3) is 0 Å². The quantitative estimate of drug-likeness (QED) is 0.177. The molecule has 1 fully saturated rings. The fraction of sp³-hybridized carbons (Fsp3) is 0.500. The summed E-state index contributed by atoms with van der Waals surface area (Å²) in [7, 11) is 5.17. The minimum absolute atomic E-state index is 0. The molecule has 1 amide bonds. The van der Waals surface area contributed by atoms with E-state index in [1.165, 1.54) is 44.2 Å². The molecular weight excluding hydrogens is 572 g/mol. The molecule has 1 saturated heterocycles. The fourth-order valence-corrected chi connectivity index (χ4v) is 4.48. The molecule has 45 heavy (non-hydrogen) atoms. The van der Waals surface area contributed by atoms with Gasteiger partial charge in [-0.15, -0.1) is 0 Å². The fourth-order valence-electron chi connectivity index (χ4n) is 4.48. The van der Waals surface area contributed by atoms with Crippen LogP contribution in [0.3, 0.4) is 0 Å². The van der Waals surface area contributed by atoms with Crippen molar-refractivity contribution in [2.75, 3.05) is 34.4 Å². The summed E-state index contributed by atoms with van der Waals surface area (Å²) in [5, 5.41) is 6.73. The van der Waals surface area contributed by atoms with E-state index in [4.69, 9.17) is 23.4 Å². The first kappa shape index (κ1) is 37.4. The Hall–Kier alpha value is -3.82. The van der Waals surface area contributed by atoms with Crippen LogP contribution >= 0.6 is 0 Å². The number of amides is 1. The van der Waals surface area contributed by atoms with Crippen LogP contribution in [0.2, 0.25) is 0 Å². The Bertz CT molecular complexity index is 1430. The lowest BCUT2D eigenvalue weighted by Crippen LogP contribution is -2.22. The molecule has 0 bridgehead atoms. The van der Waals surface area contributed by atoms with Crippen molar-refractivity contribution in [1.29, 1.82) is 0 Å². The summed E-state index contributed by atoms with van der Waals surface area (Å²) in [6.45, 7) is 11.6. The van der Waals surface area contributed by atoms with Crippen molar-refractivity contribution >= 4 is 22.4 Å². The predicted octanol–water partition coefficient (Wildman–Crippen LogP) is 7.39. The number of unbranched alkanes of at least 4 members (excludes halogenated alkanes) is 2. The van der Waals surface area contributed by atoms with Crippen LogP contribution < -0.4 is 30.5 Å². The zero-order valence-corrected chi connectivity index (χ0v) is 28.3. The Morgan fingerprint density at radius 1 is 0.933 bits per heavy atom. The first-order valence-electron chi connectivity index (χ1n) is 16.0. The number of rotatable bonds is 10. The monoisotopic (exact) mass is 628 g/mol. The Kier molecular flexibility index (Phi) is 16.8. The maximum absolute atomic E-state index is 11.5. The number of fused-ring (bicyclic) bond motifs is 3. The molecule has 2 unspecified atom stereocenters. The SMILES string of the molecule is CCC.CCCCC.CNCCC1=CC2OC2Oc2cc(OC)ccc21.COc1ccc2c(CCNC(C)=O)cc(=O)oc2c1.[HH].[HH]. The van der Waals surface area contributed by atoms with Crippen LogP contribution in [-0.4, -0.2) is 52.7 Å². The van der Waals surface area contributed by atoms with Crippen LogP contribution in [0.15, 0.2) is 57.8 Å². The molecule has 2 atom stereocenters. The van der Waals surface area contributed by atoms with Gasteiger partial charge in [0.1, 0.15) is 28.9 Å². The highest BCUT2D eigenvalue weighted by Crippen LogP contribution is 2.40. The summed E-state index contributed by atoms with van der Waals surface area (Å²) in [5.41, 5.74) is 3.35. The Labute approximate surface area is 271 Å². The second-order valence-corrected chi connectivity index (χ2v) is 10.7. The molecule has 2 aliphatic heterocycles. The second-order valence-electron chi connectivity index (χ2n) is 10.7. The van der Waals surface area contributed by atoms with Crippen LogP contribution in [0.5, 0.6) is 17.2 Å². The molecule has 0 aliphatic carbocycles. The molecule has 1 aromatic heterocycles. The zero-order valence-electron chi connectivity index (χ0n) is 28.3. The summed E-state index contributed by atoms with van der Waals surface area (Å²) in [6.07, 6.45) is 9.02. The van der Waals surface area contributed by atoms with Crippen molar-refractivity contribution in [3.8, 4) is 17.2 Å². The summed E-state index contributed by atoms with van der Waals surface area (Å²) >= 11 is 0. The van der Waals surface area contributed by atoms with Crippen molar-refractivity contribution in [3.05, 3.63) is 70.1 Å². The highest BCUT2D eigenvalue weighted by molar-refractivity contribution is 5.81. The van der Waals surface area contributed by atoms with E-state index < -0.39 is 5.63 Å². The number of ether oxygens (including phenoxy) is 4. The summed E-state index contributed by atoms with van der Waals surface area (Å²) in [6, 6.07) is 12.7. The molecule has 252 valence electrons. The highest BCUT2D eigenvalue weighted by Gasteiger charge is 2.42. The molecule has 0 saturated carbocycles. The number of hydrogen-bond donors (Lipinski definition) is 2. The Morgan fingerprint density at radius 2 is 1.60 bits per heavy atom. The summed E-state index contributed by atoms with van der Waals surface area (Å²) in [4.78, 5) is 22.3. The highest BCUT2D eigenvalue weighted by atomic mass is 16.8. The third-order valence-electron chi connectivity index (χ3n) is 6.78. The largest absolute Gasteiger partial charge is 0.497 e.